The number of rotatable bonds is 3. The normalized spacial score (nSPS) is 9.93. The van der Waals surface area contributed by atoms with E-state index < -0.39 is 0 Å². The minimum Gasteiger partial charge on any atom is -0.370 e. The maximum Gasteiger partial charge on any atom is 0.130 e. The molecule has 0 aromatic carbocycles. The average molecular weight is 201 g/mol. The highest BCUT2D eigenvalue weighted by Gasteiger charge is 2.01. The molecular weight excluding hydrogens is 190 g/mol. The standard InChI is InChI=1S/C10H11N5/c1-2-12-10-5-8(14-7-15-10)9-6-11-3-4-13-9/h3-7H,2H2,1H3,(H,12,14,15). The monoisotopic (exact) mass is 201 g/mol. The van der Waals surface area contributed by atoms with Crippen LogP contribution in [-0.2, 0) is 0 Å². The quantitative estimate of drug-likeness (QED) is 0.812. The molecule has 76 valence electrons. The summed E-state index contributed by atoms with van der Waals surface area (Å²) >= 11 is 0. The number of hydrogen-bond donors (Lipinski definition) is 1. The summed E-state index contributed by atoms with van der Waals surface area (Å²) in [5, 5.41) is 3.12. The lowest BCUT2D eigenvalue weighted by Crippen LogP contribution is -2.00. The fraction of sp³-hybridized carbons (Fsp3) is 0.200. The molecule has 0 aliphatic heterocycles. The Bertz CT molecular complexity index is 429. The van der Waals surface area contributed by atoms with Gasteiger partial charge < -0.3 is 5.32 Å². The summed E-state index contributed by atoms with van der Waals surface area (Å²) in [6.45, 7) is 2.85. The molecule has 0 radical (unpaired) electrons. The molecule has 0 aliphatic rings. The van der Waals surface area contributed by atoms with Gasteiger partial charge in [0.15, 0.2) is 0 Å². The molecule has 5 heteroatoms. The van der Waals surface area contributed by atoms with E-state index in [1.54, 1.807) is 18.6 Å². The maximum absolute atomic E-state index is 4.17. The van der Waals surface area contributed by atoms with Crippen molar-refractivity contribution in [3.05, 3.63) is 31.0 Å². The Morgan fingerprint density at radius 1 is 1.13 bits per heavy atom. The second-order valence-corrected chi connectivity index (χ2v) is 2.91. The van der Waals surface area contributed by atoms with Crippen LogP contribution in [0.25, 0.3) is 11.4 Å². The Balaban J connectivity index is 2.33. The van der Waals surface area contributed by atoms with Crippen molar-refractivity contribution in [3.8, 4) is 11.4 Å². The van der Waals surface area contributed by atoms with Gasteiger partial charge in [-0.05, 0) is 6.92 Å². The summed E-state index contributed by atoms with van der Waals surface area (Å²) in [7, 11) is 0. The van der Waals surface area contributed by atoms with Gasteiger partial charge in [0.2, 0.25) is 0 Å². The fourth-order valence-corrected chi connectivity index (χ4v) is 1.21. The van der Waals surface area contributed by atoms with Crippen molar-refractivity contribution in [1.29, 1.82) is 0 Å². The molecule has 0 saturated heterocycles. The first-order valence-corrected chi connectivity index (χ1v) is 4.72. The van der Waals surface area contributed by atoms with Gasteiger partial charge in [-0.1, -0.05) is 0 Å². The molecule has 5 nitrogen and oxygen atoms in total. The zero-order valence-electron chi connectivity index (χ0n) is 8.38. The molecule has 0 atom stereocenters. The second kappa shape index (κ2) is 4.45. The number of aromatic nitrogens is 4. The summed E-state index contributed by atoms with van der Waals surface area (Å²) in [5.74, 6) is 0.799. The van der Waals surface area contributed by atoms with Crippen molar-refractivity contribution in [3.63, 3.8) is 0 Å². The van der Waals surface area contributed by atoms with Crippen LogP contribution < -0.4 is 5.32 Å². The molecule has 2 rings (SSSR count). The van der Waals surface area contributed by atoms with Gasteiger partial charge in [0.05, 0.1) is 11.9 Å². The SMILES string of the molecule is CCNc1cc(-c2cnccn2)ncn1. The third kappa shape index (κ3) is 2.25. The molecule has 2 aromatic rings. The van der Waals surface area contributed by atoms with Crippen LogP contribution >= 0.6 is 0 Å². The molecule has 0 spiro atoms. The zero-order chi connectivity index (χ0) is 10.5. The van der Waals surface area contributed by atoms with Gasteiger partial charge in [-0.3, -0.25) is 9.97 Å². The van der Waals surface area contributed by atoms with Gasteiger partial charge in [-0.2, -0.15) is 0 Å². The van der Waals surface area contributed by atoms with Gasteiger partial charge in [-0.25, -0.2) is 9.97 Å². The third-order valence-corrected chi connectivity index (χ3v) is 1.85. The van der Waals surface area contributed by atoms with Gasteiger partial charge >= 0.3 is 0 Å². The second-order valence-electron chi connectivity index (χ2n) is 2.91. The summed E-state index contributed by atoms with van der Waals surface area (Å²) < 4.78 is 0. The Kier molecular flexibility index (Phi) is 2.82. The number of nitrogens with zero attached hydrogens (tertiary/aromatic N) is 4. The number of nitrogens with one attached hydrogen (secondary N) is 1. The first-order chi connectivity index (χ1) is 7.40. The van der Waals surface area contributed by atoms with E-state index in [0.29, 0.717) is 0 Å². The minimum atomic E-state index is 0.749. The van der Waals surface area contributed by atoms with Crippen molar-refractivity contribution in [2.45, 2.75) is 6.92 Å². The van der Waals surface area contributed by atoms with E-state index in [4.69, 9.17) is 0 Å². The topological polar surface area (TPSA) is 63.6 Å². The number of hydrogen-bond acceptors (Lipinski definition) is 5. The van der Waals surface area contributed by atoms with Crippen molar-refractivity contribution < 1.29 is 0 Å². The third-order valence-electron chi connectivity index (χ3n) is 1.85. The summed E-state index contributed by atoms with van der Waals surface area (Å²) in [4.78, 5) is 16.4. The predicted molar refractivity (Wildman–Crippen MR) is 57.2 cm³/mol. The molecule has 0 fully saturated rings. The molecule has 0 bridgehead atoms. The van der Waals surface area contributed by atoms with Crippen LogP contribution in [0.5, 0.6) is 0 Å². The zero-order valence-corrected chi connectivity index (χ0v) is 8.38. The van der Waals surface area contributed by atoms with Crippen LogP contribution in [0.3, 0.4) is 0 Å². The van der Waals surface area contributed by atoms with E-state index in [9.17, 15) is 0 Å². The van der Waals surface area contributed by atoms with Crippen LogP contribution in [-0.4, -0.2) is 26.5 Å². The maximum atomic E-state index is 4.17. The molecule has 2 aromatic heterocycles. The van der Waals surface area contributed by atoms with E-state index in [1.165, 1.54) is 6.33 Å². The minimum absolute atomic E-state index is 0.749. The van der Waals surface area contributed by atoms with E-state index in [-0.39, 0.29) is 0 Å². The van der Waals surface area contributed by atoms with Gasteiger partial charge in [0.1, 0.15) is 17.8 Å². The largest absolute Gasteiger partial charge is 0.370 e. The Morgan fingerprint density at radius 2 is 2.07 bits per heavy atom. The van der Waals surface area contributed by atoms with Crippen LogP contribution in [0.1, 0.15) is 6.92 Å². The predicted octanol–water partition coefficient (Wildman–Crippen LogP) is 1.37. The van der Waals surface area contributed by atoms with Crippen LogP contribution in [0, 0.1) is 0 Å². The van der Waals surface area contributed by atoms with Crippen LogP contribution in [0.4, 0.5) is 5.82 Å². The Labute approximate surface area is 87.6 Å². The highest BCUT2D eigenvalue weighted by Crippen LogP contribution is 2.14. The van der Waals surface area contributed by atoms with Crippen LogP contribution in [0.15, 0.2) is 31.0 Å². The van der Waals surface area contributed by atoms with Crippen molar-refractivity contribution in [2.75, 3.05) is 11.9 Å². The summed E-state index contributed by atoms with van der Waals surface area (Å²) in [5.41, 5.74) is 1.52. The van der Waals surface area contributed by atoms with E-state index in [2.05, 4.69) is 25.3 Å². The summed E-state index contributed by atoms with van der Waals surface area (Å²) in [6.07, 6.45) is 6.47. The average Bonchev–Trinajstić information content (AvgIpc) is 2.31. The fourth-order valence-electron chi connectivity index (χ4n) is 1.21. The summed E-state index contributed by atoms with van der Waals surface area (Å²) in [6, 6.07) is 1.85. The van der Waals surface area contributed by atoms with E-state index in [1.807, 2.05) is 13.0 Å². The van der Waals surface area contributed by atoms with Crippen molar-refractivity contribution in [1.82, 2.24) is 19.9 Å². The molecule has 0 amide bonds. The van der Waals surface area contributed by atoms with Gasteiger partial charge in [0.25, 0.3) is 0 Å². The van der Waals surface area contributed by atoms with Crippen LogP contribution in [0.2, 0.25) is 0 Å². The Morgan fingerprint density at radius 3 is 2.80 bits per heavy atom. The first kappa shape index (κ1) is 9.51. The first-order valence-electron chi connectivity index (χ1n) is 4.72. The molecule has 15 heavy (non-hydrogen) atoms. The smallest absolute Gasteiger partial charge is 0.130 e. The van der Waals surface area contributed by atoms with Gasteiger partial charge in [0, 0.05) is 25.0 Å². The highest BCUT2D eigenvalue weighted by molar-refractivity contribution is 5.56. The lowest BCUT2D eigenvalue weighted by molar-refractivity contribution is 1.10. The molecule has 1 N–H and O–H groups in total. The molecular formula is C10H11N5. The van der Waals surface area contributed by atoms with E-state index >= 15 is 0 Å². The molecule has 0 aliphatic carbocycles. The lowest BCUT2D eigenvalue weighted by atomic mass is 10.3. The number of anilines is 1. The van der Waals surface area contributed by atoms with Crippen molar-refractivity contribution in [2.24, 2.45) is 0 Å². The molecule has 0 unspecified atom stereocenters. The lowest BCUT2D eigenvalue weighted by Gasteiger charge is -2.03. The van der Waals surface area contributed by atoms with E-state index in [0.717, 1.165) is 23.8 Å². The van der Waals surface area contributed by atoms with Gasteiger partial charge in [-0.15, -0.1) is 0 Å². The molecule has 0 saturated carbocycles. The van der Waals surface area contributed by atoms with Crippen molar-refractivity contribution >= 4 is 5.82 Å². The Hall–Kier alpha value is -2.04. The molecule has 2 heterocycles. The highest BCUT2D eigenvalue weighted by atomic mass is 15.0.